The van der Waals surface area contributed by atoms with Crippen molar-refractivity contribution in [1.29, 1.82) is 0 Å². The fraction of sp³-hybridized carbons (Fsp3) is 0.111. The molecular formula is C18H14O4. The molecule has 0 aliphatic carbocycles. The van der Waals surface area contributed by atoms with Crippen LogP contribution in [-0.4, -0.2) is 18.5 Å². The molecule has 0 saturated carbocycles. The Balaban J connectivity index is 2.22. The number of fused-ring (bicyclic) bond motifs is 1. The number of ether oxygens (including phenoxy) is 2. The summed E-state index contributed by atoms with van der Waals surface area (Å²) in [6.45, 7) is 1.98. The van der Waals surface area contributed by atoms with E-state index in [0.717, 1.165) is 0 Å². The Hall–Kier alpha value is -2.88. The molecule has 3 rings (SSSR count). The number of benzene rings is 2. The van der Waals surface area contributed by atoms with E-state index >= 15 is 0 Å². The predicted octanol–water partition coefficient (Wildman–Crippen LogP) is 3.29. The van der Waals surface area contributed by atoms with Crippen molar-refractivity contribution in [3.63, 3.8) is 0 Å². The molecule has 22 heavy (non-hydrogen) atoms. The molecule has 2 aromatic rings. The van der Waals surface area contributed by atoms with Crippen LogP contribution < -0.4 is 0 Å². The first-order valence-corrected chi connectivity index (χ1v) is 7.00. The average molecular weight is 294 g/mol. The molecule has 0 unspecified atom stereocenters. The summed E-state index contributed by atoms with van der Waals surface area (Å²) in [6, 6.07) is 16.1. The molecule has 0 amide bonds. The summed E-state index contributed by atoms with van der Waals surface area (Å²) in [5, 5.41) is 0. The van der Waals surface area contributed by atoms with E-state index < -0.39 is 11.9 Å². The van der Waals surface area contributed by atoms with Crippen LogP contribution in [0.25, 0.3) is 11.3 Å². The Morgan fingerprint density at radius 3 is 2.32 bits per heavy atom. The van der Waals surface area contributed by atoms with Crippen LogP contribution in [0.15, 0.2) is 54.6 Å². The molecule has 0 saturated heterocycles. The van der Waals surface area contributed by atoms with Crippen LogP contribution in [0.1, 0.15) is 28.4 Å². The Morgan fingerprint density at radius 1 is 1.00 bits per heavy atom. The van der Waals surface area contributed by atoms with Crippen molar-refractivity contribution in [2.45, 2.75) is 6.92 Å². The summed E-state index contributed by atoms with van der Waals surface area (Å²) in [5.41, 5.74) is 1.98. The van der Waals surface area contributed by atoms with Crippen molar-refractivity contribution in [1.82, 2.24) is 0 Å². The maximum atomic E-state index is 12.4. The van der Waals surface area contributed by atoms with Crippen molar-refractivity contribution in [3.05, 3.63) is 71.3 Å². The summed E-state index contributed by atoms with van der Waals surface area (Å²) in [6.07, 6.45) is 0. The third-order valence-electron chi connectivity index (χ3n) is 3.36. The monoisotopic (exact) mass is 294 g/mol. The van der Waals surface area contributed by atoms with E-state index in [-0.39, 0.29) is 17.9 Å². The molecule has 0 bridgehead atoms. The third kappa shape index (κ3) is 2.39. The molecule has 1 aliphatic rings. The van der Waals surface area contributed by atoms with Crippen molar-refractivity contribution >= 4 is 23.3 Å². The predicted molar refractivity (Wildman–Crippen MR) is 81.7 cm³/mol. The van der Waals surface area contributed by atoms with E-state index in [1.807, 2.05) is 18.2 Å². The average Bonchev–Trinajstić information content (AvgIpc) is 2.86. The number of cyclic esters (lactones) is 1. The highest BCUT2D eigenvalue weighted by Crippen LogP contribution is 2.36. The minimum Gasteiger partial charge on any atom is -0.462 e. The molecule has 0 fully saturated rings. The van der Waals surface area contributed by atoms with Crippen LogP contribution in [0, 0.1) is 0 Å². The Morgan fingerprint density at radius 2 is 1.64 bits per heavy atom. The maximum Gasteiger partial charge on any atom is 0.344 e. The quantitative estimate of drug-likeness (QED) is 0.644. The lowest BCUT2D eigenvalue weighted by molar-refractivity contribution is -0.136. The Labute approximate surface area is 128 Å². The lowest BCUT2D eigenvalue weighted by atomic mass is 9.99. The topological polar surface area (TPSA) is 52.6 Å². The van der Waals surface area contributed by atoms with Gasteiger partial charge in [-0.1, -0.05) is 48.5 Å². The zero-order valence-electron chi connectivity index (χ0n) is 12.0. The van der Waals surface area contributed by atoms with Crippen molar-refractivity contribution in [2.75, 3.05) is 6.61 Å². The summed E-state index contributed by atoms with van der Waals surface area (Å²) in [7, 11) is 0. The van der Waals surface area contributed by atoms with E-state index in [1.54, 1.807) is 43.3 Å². The summed E-state index contributed by atoms with van der Waals surface area (Å²) >= 11 is 0. The number of rotatable bonds is 3. The van der Waals surface area contributed by atoms with Crippen LogP contribution in [0.4, 0.5) is 0 Å². The molecule has 1 heterocycles. The van der Waals surface area contributed by atoms with Crippen molar-refractivity contribution in [3.8, 4) is 0 Å². The minimum atomic E-state index is -0.506. The zero-order chi connectivity index (χ0) is 15.5. The van der Waals surface area contributed by atoms with Gasteiger partial charge in [0, 0.05) is 5.56 Å². The number of hydrogen-bond acceptors (Lipinski definition) is 4. The SMILES string of the molecule is CCOC(=O)/C(=C1\OC(=O)c2ccccc21)c1ccccc1. The molecular weight excluding hydrogens is 280 g/mol. The van der Waals surface area contributed by atoms with Gasteiger partial charge in [0.2, 0.25) is 0 Å². The first kappa shape index (κ1) is 14.1. The van der Waals surface area contributed by atoms with E-state index in [1.165, 1.54) is 0 Å². The smallest absolute Gasteiger partial charge is 0.344 e. The highest BCUT2D eigenvalue weighted by Gasteiger charge is 2.32. The normalized spacial score (nSPS) is 15.0. The van der Waals surface area contributed by atoms with Crippen LogP contribution >= 0.6 is 0 Å². The number of carbonyl (C=O) groups excluding carboxylic acids is 2. The molecule has 0 radical (unpaired) electrons. The largest absolute Gasteiger partial charge is 0.462 e. The molecule has 0 N–H and O–H groups in total. The van der Waals surface area contributed by atoms with E-state index in [4.69, 9.17) is 9.47 Å². The second-order valence-electron chi connectivity index (χ2n) is 4.73. The molecule has 1 aliphatic heterocycles. The van der Waals surface area contributed by atoms with Gasteiger partial charge in [-0.2, -0.15) is 0 Å². The molecule has 0 spiro atoms. The molecule has 4 nitrogen and oxygen atoms in total. The molecule has 0 aromatic heterocycles. The van der Waals surface area contributed by atoms with Gasteiger partial charge >= 0.3 is 11.9 Å². The minimum absolute atomic E-state index is 0.248. The fourth-order valence-corrected chi connectivity index (χ4v) is 2.40. The van der Waals surface area contributed by atoms with Gasteiger partial charge in [-0.3, -0.25) is 0 Å². The van der Waals surface area contributed by atoms with E-state index in [0.29, 0.717) is 16.7 Å². The first-order valence-electron chi connectivity index (χ1n) is 7.00. The van der Waals surface area contributed by atoms with Gasteiger partial charge in [-0.25, -0.2) is 9.59 Å². The second kappa shape index (κ2) is 5.85. The van der Waals surface area contributed by atoms with Gasteiger partial charge in [0.05, 0.1) is 12.2 Å². The number of carbonyl (C=O) groups is 2. The van der Waals surface area contributed by atoms with Crippen LogP contribution in [-0.2, 0) is 14.3 Å². The third-order valence-corrected chi connectivity index (χ3v) is 3.36. The fourth-order valence-electron chi connectivity index (χ4n) is 2.40. The van der Waals surface area contributed by atoms with E-state index in [2.05, 4.69) is 0 Å². The van der Waals surface area contributed by atoms with Crippen molar-refractivity contribution in [2.24, 2.45) is 0 Å². The van der Waals surface area contributed by atoms with Gasteiger partial charge in [-0.05, 0) is 18.6 Å². The molecule has 110 valence electrons. The number of esters is 2. The second-order valence-corrected chi connectivity index (χ2v) is 4.73. The highest BCUT2D eigenvalue weighted by molar-refractivity contribution is 6.26. The van der Waals surface area contributed by atoms with Gasteiger partial charge in [0.1, 0.15) is 5.57 Å². The van der Waals surface area contributed by atoms with Gasteiger partial charge < -0.3 is 9.47 Å². The van der Waals surface area contributed by atoms with E-state index in [9.17, 15) is 9.59 Å². The molecule has 0 atom stereocenters. The molecule has 2 aromatic carbocycles. The zero-order valence-corrected chi connectivity index (χ0v) is 12.0. The van der Waals surface area contributed by atoms with Crippen LogP contribution in [0.3, 0.4) is 0 Å². The standard InChI is InChI=1S/C18H14O4/c1-2-21-18(20)15(12-8-4-3-5-9-12)16-13-10-6-7-11-14(13)17(19)22-16/h3-11H,2H2,1H3/b16-15-. The Bertz CT molecular complexity index is 760. The summed E-state index contributed by atoms with van der Waals surface area (Å²) in [5.74, 6) is -0.707. The van der Waals surface area contributed by atoms with Gasteiger partial charge in [0.15, 0.2) is 5.76 Å². The van der Waals surface area contributed by atoms with Crippen molar-refractivity contribution < 1.29 is 19.1 Å². The van der Waals surface area contributed by atoms with Gasteiger partial charge in [0.25, 0.3) is 0 Å². The molecule has 4 heteroatoms. The lowest BCUT2D eigenvalue weighted by Crippen LogP contribution is -2.09. The summed E-state index contributed by atoms with van der Waals surface area (Å²) < 4.78 is 10.5. The first-order chi connectivity index (χ1) is 10.7. The summed E-state index contributed by atoms with van der Waals surface area (Å²) in [4.78, 5) is 24.4. The Kier molecular flexibility index (Phi) is 3.74. The number of hydrogen-bond donors (Lipinski definition) is 0. The van der Waals surface area contributed by atoms with Crippen LogP contribution in [0.5, 0.6) is 0 Å². The van der Waals surface area contributed by atoms with Gasteiger partial charge in [-0.15, -0.1) is 0 Å². The highest BCUT2D eigenvalue weighted by atomic mass is 16.6. The van der Waals surface area contributed by atoms with Crippen LogP contribution in [0.2, 0.25) is 0 Å². The maximum absolute atomic E-state index is 12.4. The lowest BCUT2D eigenvalue weighted by Gasteiger charge is -2.10.